The maximum atomic E-state index is 13.8. The summed E-state index contributed by atoms with van der Waals surface area (Å²) in [5, 5.41) is 10.5. The Morgan fingerprint density at radius 2 is 2.08 bits per heavy atom. The highest BCUT2D eigenvalue weighted by molar-refractivity contribution is 8.00. The molecular formula is C15H15FN2O5S. The maximum absolute atomic E-state index is 13.8. The molecule has 9 heteroatoms. The topological polar surface area (TPSA) is 104 Å². The van der Waals surface area contributed by atoms with E-state index in [2.05, 4.69) is 5.32 Å². The van der Waals surface area contributed by atoms with Gasteiger partial charge in [0.2, 0.25) is 17.7 Å². The van der Waals surface area contributed by atoms with Crippen LogP contribution in [0.4, 0.5) is 10.1 Å². The van der Waals surface area contributed by atoms with E-state index >= 15 is 0 Å². The minimum atomic E-state index is -1.24. The zero-order chi connectivity index (χ0) is 17.9. The number of carboxylic acids is 1. The summed E-state index contributed by atoms with van der Waals surface area (Å²) in [4.78, 5) is 47.2. The monoisotopic (exact) mass is 354 g/mol. The summed E-state index contributed by atoms with van der Waals surface area (Å²) in [7, 11) is 0. The van der Waals surface area contributed by atoms with E-state index in [9.17, 15) is 23.6 Å². The molecule has 2 atom stereocenters. The van der Waals surface area contributed by atoms with Crippen LogP contribution in [0.25, 0.3) is 0 Å². The third-order valence-corrected chi connectivity index (χ3v) is 4.63. The van der Waals surface area contributed by atoms with E-state index in [0.717, 1.165) is 22.7 Å². The van der Waals surface area contributed by atoms with Crippen molar-refractivity contribution in [1.82, 2.24) is 5.32 Å². The Balaban J connectivity index is 2.07. The van der Waals surface area contributed by atoms with Crippen LogP contribution in [-0.2, 0) is 19.2 Å². The highest BCUT2D eigenvalue weighted by atomic mass is 32.2. The first-order valence-corrected chi connectivity index (χ1v) is 8.09. The van der Waals surface area contributed by atoms with Gasteiger partial charge in [0.1, 0.15) is 11.9 Å². The lowest BCUT2D eigenvalue weighted by atomic mass is 10.3. The van der Waals surface area contributed by atoms with E-state index in [4.69, 9.17) is 5.11 Å². The predicted octanol–water partition coefficient (Wildman–Crippen LogP) is 0.780. The Hall–Kier alpha value is -2.42. The number of rotatable bonds is 6. The van der Waals surface area contributed by atoms with Gasteiger partial charge >= 0.3 is 5.97 Å². The molecule has 128 valence electrons. The zero-order valence-electron chi connectivity index (χ0n) is 12.7. The summed E-state index contributed by atoms with van der Waals surface area (Å²) in [5.41, 5.74) is -0.118. The predicted molar refractivity (Wildman–Crippen MR) is 85.0 cm³/mol. The smallest absolute Gasteiger partial charge is 0.327 e. The number of carbonyl (C=O) groups is 4. The summed E-state index contributed by atoms with van der Waals surface area (Å²) < 4.78 is 13.8. The standard InChI is InChI=1S/C15H15FN2O5S/c1-8(19)17-10(15(22)23)7-24-12-6-13(20)18(14(12)21)11-5-3-2-4-9(11)16/h2-5,10,12H,6-7H2,1H3,(H,17,19)(H,22,23). The van der Waals surface area contributed by atoms with Crippen molar-refractivity contribution in [3.05, 3.63) is 30.1 Å². The minimum Gasteiger partial charge on any atom is -0.480 e. The van der Waals surface area contributed by atoms with Crippen LogP contribution in [0, 0.1) is 5.82 Å². The molecule has 3 amide bonds. The fourth-order valence-corrected chi connectivity index (χ4v) is 3.41. The van der Waals surface area contributed by atoms with Crippen LogP contribution in [0.1, 0.15) is 13.3 Å². The molecule has 1 heterocycles. The Labute approximate surface area is 141 Å². The van der Waals surface area contributed by atoms with Crippen LogP contribution >= 0.6 is 11.8 Å². The van der Waals surface area contributed by atoms with E-state index in [1.807, 2.05) is 0 Å². The van der Waals surface area contributed by atoms with Gasteiger partial charge in [-0.05, 0) is 12.1 Å². The first-order chi connectivity index (χ1) is 11.3. The number of hydrogen-bond acceptors (Lipinski definition) is 5. The van der Waals surface area contributed by atoms with Crippen molar-refractivity contribution in [1.29, 1.82) is 0 Å². The number of carboxylic acid groups (broad SMARTS) is 1. The van der Waals surface area contributed by atoms with Crippen molar-refractivity contribution < 1.29 is 28.7 Å². The second kappa shape index (κ2) is 7.43. The van der Waals surface area contributed by atoms with E-state index < -0.39 is 40.8 Å². The average Bonchev–Trinajstić information content (AvgIpc) is 2.78. The lowest BCUT2D eigenvalue weighted by Gasteiger charge is -2.17. The molecule has 0 aromatic heterocycles. The second-order valence-electron chi connectivity index (χ2n) is 5.14. The summed E-state index contributed by atoms with van der Waals surface area (Å²) in [6.07, 6.45) is -0.149. The van der Waals surface area contributed by atoms with Crippen molar-refractivity contribution in [2.24, 2.45) is 0 Å². The van der Waals surface area contributed by atoms with Crippen LogP contribution in [0.2, 0.25) is 0 Å². The lowest BCUT2D eigenvalue weighted by molar-refractivity contribution is -0.140. The van der Waals surface area contributed by atoms with E-state index in [-0.39, 0.29) is 17.9 Å². The number of para-hydroxylation sites is 1. The maximum Gasteiger partial charge on any atom is 0.327 e. The minimum absolute atomic E-state index is 0.0797. The number of nitrogens with one attached hydrogen (secondary N) is 1. The molecule has 0 aliphatic carbocycles. The molecule has 1 aliphatic rings. The van der Waals surface area contributed by atoms with Crippen LogP contribution in [-0.4, -0.2) is 45.8 Å². The van der Waals surface area contributed by atoms with Crippen molar-refractivity contribution >= 4 is 41.1 Å². The number of nitrogens with zero attached hydrogens (tertiary/aromatic N) is 1. The van der Waals surface area contributed by atoms with E-state index in [0.29, 0.717) is 0 Å². The molecule has 1 fully saturated rings. The van der Waals surface area contributed by atoms with Gasteiger partial charge in [-0.1, -0.05) is 12.1 Å². The summed E-state index contributed by atoms with van der Waals surface area (Å²) >= 11 is 0.949. The molecule has 1 aromatic carbocycles. The SMILES string of the molecule is CC(=O)NC(CSC1CC(=O)N(c2ccccc2F)C1=O)C(=O)O. The number of anilines is 1. The molecular weight excluding hydrogens is 339 g/mol. The summed E-state index contributed by atoms with van der Waals surface area (Å²) in [6, 6.07) is 4.26. The van der Waals surface area contributed by atoms with Gasteiger partial charge in [-0.3, -0.25) is 14.4 Å². The lowest BCUT2D eigenvalue weighted by Crippen LogP contribution is -2.42. The molecule has 24 heavy (non-hydrogen) atoms. The normalized spacial score (nSPS) is 18.6. The number of amides is 3. The van der Waals surface area contributed by atoms with Crippen molar-refractivity contribution in [2.75, 3.05) is 10.7 Å². The molecule has 0 bridgehead atoms. The number of carbonyl (C=O) groups excluding carboxylic acids is 3. The second-order valence-corrected chi connectivity index (χ2v) is 6.37. The first-order valence-electron chi connectivity index (χ1n) is 7.04. The fraction of sp³-hybridized carbons (Fsp3) is 0.333. The van der Waals surface area contributed by atoms with E-state index in [1.165, 1.54) is 25.1 Å². The molecule has 2 unspecified atom stereocenters. The number of aliphatic carboxylic acids is 1. The molecule has 1 aromatic rings. The number of thioether (sulfide) groups is 1. The van der Waals surface area contributed by atoms with Gasteiger partial charge < -0.3 is 10.4 Å². The molecule has 7 nitrogen and oxygen atoms in total. The van der Waals surface area contributed by atoms with E-state index in [1.54, 1.807) is 0 Å². The Morgan fingerprint density at radius 3 is 2.67 bits per heavy atom. The van der Waals surface area contributed by atoms with Gasteiger partial charge in [0, 0.05) is 19.1 Å². The van der Waals surface area contributed by atoms with Gasteiger partial charge in [-0.15, -0.1) is 11.8 Å². The molecule has 2 rings (SSSR count). The highest BCUT2D eigenvalue weighted by Crippen LogP contribution is 2.31. The van der Waals surface area contributed by atoms with Crippen LogP contribution in [0.3, 0.4) is 0 Å². The van der Waals surface area contributed by atoms with Crippen molar-refractivity contribution in [3.63, 3.8) is 0 Å². The molecule has 1 aliphatic heterocycles. The van der Waals surface area contributed by atoms with Crippen LogP contribution < -0.4 is 10.2 Å². The van der Waals surface area contributed by atoms with Gasteiger partial charge in [-0.2, -0.15) is 0 Å². The quantitative estimate of drug-likeness (QED) is 0.732. The third-order valence-electron chi connectivity index (χ3n) is 3.34. The van der Waals surface area contributed by atoms with Crippen LogP contribution in [0.5, 0.6) is 0 Å². The molecule has 1 saturated heterocycles. The Kier molecular flexibility index (Phi) is 5.55. The summed E-state index contributed by atoms with van der Waals surface area (Å²) in [5.74, 6) is -3.66. The molecule has 2 N–H and O–H groups in total. The molecule has 0 saturated carbocycles. The number of halogens is 1. The van der Waals surface area contributed by atoms with Crippen molar-refractivity contribution in [3.8, 4) is 0 Å². The van der Waals surface area contributed by atoms with Gasteiger partial charge in [0.05, 0.1) is 10.9 Å². The number of benzene rings is 1. The Bertz CT molecular complexity index is 696. The highest BCUT2D eigenvalue weighted by Gasteiger charge is 2.41. The largest absolute Gasteiger partial charge is 0.480 e. The zero-order valence-corrected chi connectivity index (χ0v) is 13.5. The summed E-state index contributed by atoms with van der Waals surface area (Å²) in [6.45, 7) is 1.19. The third kappa shape index (κ3) is 3.91. The van der Waals surface area contributed by atoms with Gasteiger partial charge in [-0.25, -0.2) is 14.1 Å². The number of imide groups is 1. The first kappa shape index (κ1) is 17.9. The van der Waals surface area contributed by atoms with Crippen molar-refractivity contribution in [2.45, 2.75) is 24.6 Å². The average molecular weight is 354 g/mol. The van der Waals surface area contributed by atoms with Gasteiger partial charge in [0.15, 0.2) is 0 Å². The molecule has 0 radical (unpaired) electrons. The fourth-order valence-electron chi connectivity index (χ4n) is 2.25. The number of hydrogen-bond donors (Lipinski definition) is 2. The van der Waals surface area contributed by atoms with Gasteiger partial charge in [0.25, 0.3) is 0 Å². The Morgan fingerprint density at radius 1 is 1.42 bits per heavy atom. The molecule has 0 spiro atoms. The van der Waals surface area contributed by atoms with Crippen LogP contribution in [0.15, 0.2) is 24.3 Å².